The van der Waals surface area contributed by atoms with E-state index in [2.05, 4.69) is 67.0 Å². The van der Waals surface area contributed by atoms with Gasteiger partial charge < -0.3 is 4.57 Å². The van der Waals surface area contributed by atoms with Crippen LogP contribution >= 0.6 is 0 Å². The van der Waals surface area contributed by atoms with E-state index in [0.29, 0.717) is 5.92 Å². The SMILES string of the molecule is Cc1nccc(C2CCN(Cc3nccn3Cc3ccccc3)CC2)n1. The summed E-state index contributed by atoms with van der Waals surface area (Å²) in [7, 11) is 0. The summed E-state index contributed by atoms with van der Waals surface area (Å²) in [6, 6.07) is 12.6. The second-order valence-corrected chi connectivity index (χ2v) is 7.04. The lowest BCUT2D eigenvalue weighted by molar-refractivity contribution is 0.197. The molecule has 0 atom stereocenters. The van der Waals surface area contributed by atoms with Crippen LogP contribution in [0.5, 0.6) is 0 Å². The number of nitrogens with zero attached hydrogens (tertiary/aromatic N) is 5. The van der Waals surface area contributed by atoms with Gasteiger partial charge in [-0.1, -0.05) is 30.3 Å². The molecule has 0 bridgehead atoms. The highest BCUT2D eigenvalue weighted by Crippen LogP contribution is 2.27. The molecular weight excluding hydrogens is 322 g/mol. The van der Waals surface area contributed by atoms with Gasteiger partial charge in [-0.3, -0.25) is 4.90 Å². The lowest BCUT2D eigenvalue weighted by Gasteiger charge is -2.31. The van der Waals surface area contributed by atoms with Gasteiger partial charge in [0.05, 0.1) is 6.54 Å². The molecule has 3 heterocycles. The highest BCUT2D eigenvalue weighted by molar-refractivity contribution is 5.16. The van der Waals surface area contributed by atoms with Crippen LogP contribution in [0.4, 0.5) is 0 Å². The van der Waals surface area contributed by atoms with Crippen molar-refractivity contribution in [2.24, 2.45) is 0 Å². The van der Waals surface area contributed by atoms with Gasteiger partial charge in [-0.05, 0) is 44.5 Å². The summed E-state index contributed by atoms with van der Waals surface area (Å²) in [6.45, 7) is 5.94. The first kappa shape index (κ1) is 16.9. The molecule has 134 valence electrons. The molecule has 5 heteroatoms. The van der Waals surface area contributed by atoms with E-state index in [9.17, 15) is 0 Å². The Morgan fingerprint density at radius 1 is 0.962 bits per heavy atom. The molecule has 2 aromatic heterocycles. The number of hydrogen-bond acceptors (Lipinski definition) is 4. The summed E-state index contributed by atoms with van der Waals surface area (Å²) in [5.74, 6) is 2.56. The van der Waals surface area contributed by atoms with Gasteiger partial charge in [0.1, 0.15) is 11.6 Å². The Balaban J connectivity index is 1.36. The fraction of sp³-hybridized carbons (Fsp3) is 0.381. The number of hydrogen-bond donors (Lipinski definition) is 0. The number of imidazole rings is 1. The molecule has 0 N–H and O–H groups in total. The molecule has 0 spiro atoms. The lowest BCUT2D eigenvalue weighted by atomic mass is 9.93. The van der Waals surface area contributed by atoms with Gasteiger partial charge in [-0.2, -0.15) is 0 Å². The Hall–Kier alpha value is -2.53. The summed E-state index contributed by atoms with van der Waals surface area (Å²) < 4.78 is 2.26. The zero-order valence-corrected chi connectivity index (χ0v) is 15.3. The minimum Gasteiger partial charge on any atom is -0.329 e. The average Bonchev–Trinajstić information content (AvgIpc) is 3.10. The predicted molar refractivity (Wildman–Crippen MR) is 102 cm³/mol. The number of aryl methyl sites for hydroxylation is 1. The quantitative estimate of drug-likeness (QED) is 0.710. The molecule has 0 amide bonds. The third-order valence-electron chi connectivity index (χ3n) is 5.17. The van der Waals surface area contributed by atoms with Crippen molar-refractivity contribution in [2.75, 3.05) is 13.1 Å². The molecule has 1 aliphatic rings. The van der Waals surface area contributed by atoms with Crippen LogP contribution in [0.3, 0.4) is 0 Å². The van der Waals surface area contributed by atoms with E-state index in [1.807, 2.05) is 19.3 Å². The van der Waals surface area contributed by atoms with Crippen LogP contribution < -0.4 is 0 Å². The number of piperidine rings is 1. The van der Waals surface area contributed by atoms with Crippen LogP contribution in [-0.4, -0.2) is 37.5 Å². The molecule has 1 aromatic carbocycles. The van der Waals surface area contributed by atoms with E-state index in [-0.39, 0.29) is 0 Å². The minimum atomic E-state index is 0.553. The minimum absolute atomic E-state index is 0.553. The first-order valence-corrected chi connectivity index (χ1v) is 9.34. The zero-order chi connectivity index (χ0) is 17.8. The molecule has 0 saturated carbocycles. The van der Waals surface area contributed by atoms with Crippen LogP contribution in [0.25, 0.3) is 0 Å². The van der Waals surface area contributed by atoms with E-state index in [0.717, 1.165) is 50.7 Å². The standard InChI is InChI=1S/C21H25N5/c1-17-22-10-7-20(24-17)19-8-12-25(13-9-19)16-21-23-11-14-26(21)15-18-5-3-2-4-6-18/h2-7,10-11,14,19H,8-9,12-13,15-16H2,1H3. The van der Waals surface area contributed by atoms with Crippen molar-refractivity contribution in [3.63, 3.8) is 0 Å². The van der Waals surface area contributed by atoms with Crippen LogP contribution in [0.1, 0.15) is 41.7 Å². The fourth-order valence-electron chi connectivity index (χ4n) is 3.70. The van der Waals surface area contributed by atoms with Gasteiger partial charge in [0, 0.05) is 36.7 Å². The highest BCUT2D eigenvalue weighted by Gasteiger charge is 2.22. The van der Waals surface area contributed by atoms with E-state index in [1.54, 1.807) is 0 Å². The molecule has 1 aliphatic heterocycles. The summed E-state index contributed by atoms with van der Waals surface area (Å²) in [6.07, 6.45) is 8.17. The topological polar surface area (TPSA) is 46.8 Å². The van der Waals surface area contributed by atoms with Gasteiger partial charge in [0.2, 0.25) is 0 Å². The van der Waals surface area contributed by atoms with E-state index in [1.165, 1.54) is 11.3 Å². The molecule has 0 radical (unpaired) electrons. The van der Waals surface area contributed by atoms with Gasteiger partial charge in [0.25, 0.3) is 0 Å². The third kappa shape index (κ3) is 3.99. The first-order chi connectivity index (χ1) is 12.8. The maximum absolute atomic E-state index is 4.61. The summed E-state index contributed by atoms with van der Waals surface area (Å²) in [5, 5.41) is 0. The van der Waals surface area contributed by atoms with Crippen molar-refractivity contribution in [2.45, 2.75) is 38.8 Å². The molecular formula is C21H25N5. The van der Waals surface area contributed by atoms with Crippen molar-refractivity contribution in [1.82, 2.24) is 24.4 Å². The van der Waals surface area contributed by atoms with Crippen LogP contribution in [0, 0.1) is 6.92 Å². The number of aromatic nitrogens is 4. The van der Waals surface area contributed by atoms with Crippen LogP contribution in [-0.2, 0) is 13.1 Å². The normalized spacial score (nSPS) is 16.0. The maximum Gasteiger partial charge on any atom is 0.125 e. The molecule has 5 nitrogen and oxygen atoms in total. The Morgan fingerprint density at radius 2 is 1.77 bits per heavy atom. The van der Waals surface area contributed by atoms with Crippen LogP contribution in [0.2, 0.25) is 0 Å². The smallest absolute Gasteiger partial charge is 0.125 e. The van der Waals surface area contributed by atoms with Gasteiger partial charge in [-0.25, -0.2) is 15.0 Å². The molecule has 3 aromatic rings. The van der Waals surface area contributed by atoms with E-state index >= 15 is 0 Å². The second kappa shape index (κ2) is 7.79. The average molecular weight is 347 g/mol. The highest BCUT2D eigenvalue weighted by atomic mass is 15.2. The molecule has 0 unspecified atom stereocenters. The molecule has 0 aliphatic carbocycles. The predicted octanol–water partition coefficient (Wildman–Crippen LogP) is 3.41. The second-order valence-electron chi connectivity index (χ2n) is 7.04. The number of rotatable bonds is 5. The monoisotopic (exact) mass is 347 g/mol. The molecule has 1 fully saturated rings. The van der Waals surface area contributed by atoms with Crippen molar-refractivity contribution in [1.29, 1.82) is 0 Å². The largest absolute Gasteiger partial charge is 0.329 e. The van der Waals surface area contributed by atoms with Crippen molar-refractivity contribution < 1.29 is 0 Å². The molecule has 1 saturated heterocycles. The van der Waals surface area contributed by atoms with Crippen molar-refractivity contribution >= 4 is 0 Å². The van der Waals surface area contributed by atoms with Gasteiger partial charge in [0.15, 0.2) is 0 Å². The Bertz CT molecular complexity index is 834. The third-order valence-corrected chi connectivity index (χ3v) is 5.17. The van der Waals surface area contributed by atoms with E-state index in [4.69, 9.17) is 0 Å². The van der Waals surface area contributed by atoms with Crippen molar-refractivity contribution in [3.05, 3.63) is 77.9 Å². The fourth-order valence-corrected chi connectivity index (χ4v) is 3.70. The maximum atomic E-state index is 4.61. The van der Waals surface area contributed by atoms with Gasteiger partial charge in [-0.15, -0.1) is 0 Å². The van der Waals surface area contributed by atoms with Gasteiger partial charge >= 0.3 is 0 Å². The van der Waals surface area contributed by atoms with Crippen LogP contribution in [0.15, 0.2) is 55.0 Å². The number of likely N-dealkylation sites (tertiary alicyclic amines) is 1. The van der Waals surface area contributed by atoms with E-state index < -0.39 is 0 Å². The molecule has 4 rings (SSSR count). The lowest BCUT2D eigenvalue weighted by Crippen LogP contribution is -2.33. The van der Waals surface area contributed by atoms with Crippen molar-refractivity contribution in [3.8, 4) is 0 Å². The Kier molecular flexibility index (Phi) is 5.07. The number of benzene rings is 1. The Morgan fingerprint density at radius 3 is 2.54 bits per heavy atom. The summed E-state index contributed by atoms with van der Waals surface area (Å²) in [4.78, 5) is 15.9. The zero-order valence-electron chi connectivity index (χ0n) is 15.3. The Labute approximate surface area is 154 Å². The summed E-state index contributed by atoms with van der Waals surface area (Å²) in [5.41, 5.74) is 2.51. The molecule has 26 heavy (non-hydrogen) atoms. The first-order valence-electron chi connectivity index (χ1n) is 9.34. The summed E-state index contributed by atoms with van der Waals surface area (Å²) >= 11 is 0.